The van der Waals surface area contributed by atoms with Crippen LogP contribution in [0.1, 0.15) is 78.6 Å². The van der Waals surface area contributed by atoms with Crippen LogP contribution in [0.3, 0.4) is 0 Å². The Labute approximate surface area is 146 Å². The molecule has 134 valence electrons. The predicted octanol–water partition coefficient (Wildman–Crippen LogP) is 3.44. The van der Waals surface area contributed by atoms with E-state index >= 15 is 0 Å². The zero-order valence-corrected chi connectivity index (χ0v) is 14.4. The van der Waals surface area contributed by atoms with Gasteiger partial charge in [0.05, 0.1) is 0 Å². The third-order valence-electron chi connectivity index (χ3n) is 5.12. The molecule has 4 rings (SSSR count). The maximum Gasteiger partial charge on any atom is 0.290 e. The number of methoxy groups -OCH3 is 1. The first kappa shape index (κ1) is 16.3. The van der Waals surface area contributed by atoms with Crippen LogP contribution in [0.5, 0.6) is 0 Å². The number of carbonyl (C=O) groups excluding carboxylic acids is 1. The highest BCUT2D eigenvalue weighted by molar-refractivity contribution is 5.91. The van der Waals surface area contributed by atoms with E-state index in [0.29, 0.717) is 36.5 Å². The largest absolute Gasteiger partial charge is 0.453 e. The van der Waals surface area contributed by atoms with Gasteiger partial charge in [-0.3, -0.25) is 4.79 Å². The number of rotatable bonds is 5. The summed E-state index contributed by atoms with van der Waals surface area (Å²) in [5.41, 5.74) is 0. The van der Waals surface area contributed by atoms with Crippen LogP contribution in [0.25, 0.3) is 0 Å². The van der Waals surface area contributed by atoms with Crippen LogP contribution in [-0.4, -0.2) is 34.7 Å². The van der Waals surface area contributed by atoms with Gasteiger partial charge < -0.3 is 18.5 Å². The first-order valence-electron chi connectivity index (χ1n) is 8.98. The summed E-state index contributed by atoms with van der Waals surface area (Å²) in [7, 11) is 1.60. The van der Waals surface area contributed by atoms with Gasteiger partial charge in [0.25, 0.3) is 5.91 Å². The van der Waals surface area contributed by atoms with Crippen molar-refractivity contribution in [2.45, 2.75) is 57.1 Å². The Balaban J connectivity index is 1.53. The molecule has 1 saturated carbocycles. The van der Waals surface area contributed by atoms with E-state index in [2.05, 4.69) is 10.2 Å². The van der Waals surface area contributed by atoms with E-state index in [1.807, 2.05) is 0 Å². The number of hydrogen-bond donors (Lipinski definition) is 0. The molecule has 7 heteroatoms. The van der Waals surface area contributed by atoms with E-state index in [1.54, 1.807) is 24.1 Å². The van der Waals surface area contributed by atoms with Gasteiger partial charge in [0.1, 0.15) is 18.4 Å². The van der Waals surface area contributed by atoms with Crippen molar-refractivity contribution >= 4 is 5.91 Å². The van der Waals surface area contributed by atoms with Crippen LogP contribution in [0.4, 0.5) is 0 Å². The number of piperidine rings is 1. The lowest BCUT2D eigenvalue weighted by atomic mass is 9.85. The minimum atomic E-state index is -0.168. The molecular weight excluding hydrogens is 322 g/mol. The van der Waals surface area contributed by atoms with Crippen LogP contribution < -0.4 is 0 Å². The Kier molecular flexibility index (Phi) is 4.57. The molecule has 1 unspecified atom stereocenters. The molecule has 1 aliphatic heterocycles. The summed E-state index contributed by atoms with van der Waals surface area (Å²) in [5.74, 6) is 2.52. The summed E-state index contributed by atoms with van der Waals surface area (Å²) in [6, 6.07) is 3.31. The molecule has 1 aliphatic carbocycles. The molecular formula is C18H23N3O4. The molecule has 1 amide bonds. The van der Waals surface area contributed by atoms with Crippen molar-refractivity contribution in [1.82, 2.24) is 15.1 Å². The van der Waals surface area contributed by atoms with E-state index in [9.17, 15) is 4.79 Å². The SMILES string of the molecule is COCc1ccc(C(=O)N2CCCCC2c2nnc(C3CCC3)o2)o1. The molecule has 3 heterocycles. The van der Waals surface area contributed by atoms with Crippen LogP contribution in [-0.2, 0) is 11.3 Å². The third kappa shape index (κ3) is 3.20. The van der Waals surface area contributed by atoms with Crippen molar-refractivity contribution in [1.29, 1.82) is 0 Å². The minimum Gasteiger partial charge on any atom is -0.453 e. The fraction of sp³-hybridized carbons (Fsp3) is 0.611. The van der Waals surface area contributed by atoms with Crippen LogP contribution in [0.15, 0.2) is 21.0 Å². The molecule has 2 aromatic rings. The fourth-order valence-corrected chi connectivity index (χ4v) is 3.49. The Hall–Kier alpha value is -2.15. The number of aromatic nitrogens is 2. The molecule has 7 nitrogen and oxygen atoms in total. The van der Waals surface area contributed by atoms with Crippen LogP contribution >= 0.6 is 0 Å². The van der Waals surface area contributed by atoms with Crippen molar-refractivity contribution in [2.24, 2.45) is 0 Å². The number of furan rings is 1. The zero-order chi connectivity index (χ0) is 17.2. The van der Waals surface area contributed by atoms with E-state index < -0.39 is 0 Å². The summed E-state index contributed by atoms with van der Waals surface area (Å²) in [4.78, 5) is 14.7. The van der Waals surface area contributed by atoms with E-state index in [-0.39, 0.29) is 11.9 Å². The quantitative estimate of drug-likeness (QED) is 0.825. The molecule has 1 atom stereocenters. The van der Waals surface area contributed by atoms with E-state index in [0.717, 1.165) is 38.0 Å². The second-order valence-corrected chi connectivity index (χ2v) is 6.82. The van der Waals surface area contributed by atoms with Crippen molar-refractivity contribution in [3.63, 3.8) is 0 Å². The van der Waals surface area contributed by atoms with Gasteiger partial charge in [-0.05, 0) is 44.2 Å². The highest BCUT2D eigenvalue weighted by atomic mass is 16.5. The lowest BCUT2D eigenvalue weighted by Crippen LogP contribution is -2.38. The molecule has 0 spiro atoms. The van der Waals surface area contributed by atoms with Crippen LogP contribution in [0.2, 0.25) is 0 Å². The van der Waals surface area contributed by atoms with Gasteiger partial charge in [-0.15, -0.1) is 10.2 Å². The first-order chi connectivity index (χ1) is 12.3. The number of carbonyl (C=O) groups is 1. The topological polar surface area (TPSA) is 81.6 Å². The smallest absolute Gasteiger partial charge is 0.290 e. The summed E-state index contributed by atoms with van der Waals surface area (Å²) in [6.07, 6.45) is 6.30. The number of hydrogen-bond acceptors (Lipinski definition) is 6. The Morgan fingerprint density at radius 1 is 1.16 bits per heavy atom. The van der Waals surface area contributed by atoms with Crippen molar-refractivity contribution in [3.8, 4) is 0 Å². The summed E-state index contributed by atoms with van der Waals surface area (Å²) >= 11 is 0. The van der Waals surface area contributed by atoms with Crippen molar-refractivity contribution < 1.29 is 18.4 Å². The molecule has 0 bridgehead atoms. The number of ether oxygens (including phenoxy) is 1. The molecule has 0 aromatic carbocycles. The third-order valence-corrected chi connectivity index (χ3v) is 5.12. The predicted molar refractivity (Wildman–Crippen MR) is 87.9 cm³/mol. The van der Waals surface area contributed by atoms with Gasteiger partial charge in [-0.2, -0.15) is 0 Å². The highest BCUT2D eigenvalue weighted by Gasteiger charge is 2.35. The average Bonchev–Trinajstić information content (AvgIpc) is 3.23. The lowest BCUT2D eigenvalue weighted by molar-refractivity contribution is 0.0529. The van der Waals surface area contributed by atoms with Gasteiger partial charge in [0.2, 0.25) is 11.8 Å². The monoisotopic (exact) mass is 345 g/mol. The van der Waals surface area contributed by atoms with Gasteiger partial charge in [0, 0.05) is 19.6 Å². The zero-order valence-electron chi connectivity index (χ0n) is 14.4. The molecule has 0 radical (unpaired) electrons. The van der Waals surface area contributed by atoms with Gasteiger partial charge >= 0.3 is 0 Å². The van der Waals surface area contributed by atoms with Gasteiger partial charge in [0.15, 0.2) is 5.76 Å². The van der Waals surface area contributed by atoms with Gasteiger partial charge in [-0.1, -0.05) is 6.42 Å². The van der Waals surface area contributed by atoms with Gasteiger partial charge in [-0.25, -0.2) is 0 Å². The van der Waals surface area contributed by atoms with E-state index in [1.165, 1.54) is 6.42 Å². The standard InChI is InChI=1S/C18H23N3O4/c1-23-11-13-8-9-15(24-13)18(22)21-10-3-2-7-14(21)17-20-19-16(25-17)12-5-4-6-12/h8-9,12,14H,2-7,10-11H2,1H3. The molecule has 1 saturated heterocycles. The fourth-order valence-electron chi connectivity index (χ4n) is 3.49. The summed E-state index contributed by atoms with van der Waals surface area (Å²) in [6.45, 7) is 1.02. The van der Waals surface area contributed by atoms with Crippen molar-refractivity contribution in [2.75, 3.05) is 13.7 Å². The second kappa shape index (κ2) is 7.00. The summed E-state index contributed by atoms with van der Waals surface area (Å²) < 4.78 is 16.6. The normalized spacial score (nSPS) is 21.3. The molecule has 2 aliphatic rings. The lowest BCUT2D eigenvalue weighted by Gasteiger charge is -2.32. The molecule has 2 fully saturated rings. The maximum absolute atomic E-state index is 12.9. The van der Waals surface area contributed by atoms with E-state index in [4.69, 9.17) is 13.6 Å². The Morgan fingerprint density at radius 2 is 2.00 bits per heavy atom. The first-order valence-corrected chi connectivity index (χ1v) is 8.98. The number of likely N-dealkylation sites (tertiary alicyclic amines) is 1. The second-order valence-electron chi connectivity index (χ2n) is 6.82. The Bertz CT molecular complexity index is 734. The maximum atomic E-state index is 12.9. The molecule has 25 heavy (non-hydrogen) atoms. The highest BCUT2D eigenvalue weighted by Crippen LogP contribution is 2.38. The average molecular weight is 345 g/mol. The molecule has 0 N–H and O–H groups in total. The number of amides is 1. The van der Waals surface area contributed by atoms with Crippen molar-refractivity contribution in [3.05, 3.63) is 35.4 Å². The number of nitrogens with zero attached hydrogens (tertiary/aromatic N) is 3. The summed E-state index contributed by atoms with van der Waals surface area (Å²) in [5, 5.41) is 8.46. The Morgan fingerprint density at radius 3 is 2.76 bits per heavy atom. The molecule has 2 aromatic heterocycles. The minimum absolute atomic E-state index is 0.129. The van der Waals surface area contributed by atoms with Crippen LogP contribution in [0, 0.1) is 0 Å².